The number of benzene rings is 7. The molecule has 246 valence electrons. The van der Waals surface area contributed by atoms with Gasteiger partial charge in [-0.25, -0.2) is 4.98 Å². The minimum absolute atomic E-state index is 0.930. The van der Waals surface area contributed by atoms with Crippen molar-refractivity contribution in [3.05, 3.63) is 193 Å². The standard InChI is InChI=1S/C50H36N2/c1-33-25-40(26-34(2)51-33)41-27-43(48-30-39-17-9-10-18-45(39)46-19-11-12-20-47(46)48)29-44(28-41)50-32-42(31-49(52-50)38-15-7-4-8-16-38)37-23-21-36(22-24-37)35-13-5-3-6-14-35/h3-32H,1-2H3. The summed E-state index contributed by atoms with van der Waals surface area (Å²) in [4.78, 5) is 10.1. The summed E-state index contributed by atoms with van der Waals surface area (Å²) in [7, 11) is 0. The van der Waals surface area contributed by atoms with Crippen LogP contribution in [0.1, 0.15) is 11.4 Å². The maximum atomic E-state index is 5.37. The third-order valence-corrected chi connectivity index (χ3v) is 9.94. The molecule has 52 heavy (non-hydrogen) atoms. The summed E-state index contributed by atoms with van der Waals surface area (Å²) in [6.07, 6.45) is 0. The number of hydrogen-bond donors (Lipinski definition) is 0. The van der Waals surface area contributed by atoms with Crippen molar-refractivity contribution in [2.45, 2.75) is 13.8 Å². The zero-order valence-corrected chi connectivity index (χ0v) is 29.2. The average Bonchev–Trinajstić information content (AvgIpc) is 3.20. The third kappa shape index (κ3) is 6.05. The number of fused-ring (bicyclic) bond motifs is 3. The van der Waals surface area contributed by atoms with E-state index in [1.807, 2.05) is 0 Å². The molecule has 0 aliphatic carbocycles. The Labute approximate surface area is 304 Å². The van der Waals surface area contributed by atoms with Crippen LogP contribution in [0.3, 0.4) is 0 Å². The molecule has 0 radical (unpaired) electrons. The van der Waals surface area contributed by atoms with Crippen LogP contribution in [0, 0.1) is 13.8 Å². The van der Waals surface area contributed by atoms with E-state index in [4.69, 9.17) is 9.97 Å². The predicted octanol–water partition coefficient (Wildman–Crippen LogP) is 13.4. The normalized spacial score (nSPS) is 11.3. The second-order valence-corrected chi connectivity index (χ2v) is 13.6. The first-order valence-electron chi connectivity index (χ1n) is 17.8. The van der Waals surface area contributed by atoms with Crippen LogP contribution in [-0.2, 0) is 0 Å². The highest BCUT2D eigenvalue weighted by Crippen LogP contribution is 2.40. The monoisotopic (exact) mass is 664 g/mol. The lowest BCUT2D eigenvalue weighted by molar-refractivity contribution is 1.12. The Morgan fingerprint density at radius 1 is 0.288 bits per heavy atom. The van der Waals surface area contributed by atoms with Gasteiger partial charge < -0.3 is 0 Å². The lowest BCUT2D eigenvalue weighted by Crippen LogP contribution is -1.94. The number of aryl methyl sites for hydroxylation is 2. The molecule has 0 amide bonds. The van der Waals surface area contributed by atoms with Crippen LogP contribution >= 0.6 is 0 Å². The van der Waals surface area contributed by atoms with Crippen LogP contribution in [-0.4, -0.2) is 9.97 Å². The zero-order valence-electron chi connectivity index (χ0n) is 29.2. The van der Waals surface area contributed by atoms with Crippen LogP contribution in [0.2, 0.25) is 0 Å². The molecule has 2 nitrogen and oxygen atoms in total. The van der Waals surface area contributed by atoms with Crippen molar-refractivity contribution in [3.63, 3.8) is 0 Å². The van der Waals surface area contributed by atoms with Gasteiger partial charge in [0.15, 0.2) is 0 Å². The Hall–Kier alpha value is -6.64. The van der Waals surface area contributed by atoms with Crippen molar-refractivity contribution in [1.29, 1.82) is 0 Å². The molecule has 0 atom stereocenters. The summed E-state index contributed by atoms with van der Waals surface area (Å²) >= 11 is 0. The molecule has 0 bridgehead atoms. The Kier molecular flexibility index (Phi) is 7.98. The quantitative estimate of drug-likeness (QED) is 0.165. The van der Waals surface area contributed by atoms with Crippen molar-refractivity contribution in [3.8, 4) is 67.0 Å². The molecule has 0 fully saturated rings. The van der Waals surface area contributed by atoms with E-state index < -0.39 is 0 Å². The summed E-state index contributed by atoms with van der Waals surface area (Å²) in [5.41, 5.74) is 15.4. The molecule has 7 aromatic carbocycles. The molecule has 0 saturated heterocycles. The van der Waals surface area contributed by atoms with Gasteiger partial charge >= 0.3 is 0 Å². The first-order chi connectivity index (χ1) is 25.6. The molecule has 9 rings (SSSR count). The van der Waals surface area contributed by atoms with Gasteiger partial charge in [0.1, 0.15) is 0 Å². The van der Waals surface area contributed by atoms with E-state index >= 15 is 0 Å². The molecular weight excluding hydrogens is 629 g/mol. The van der Waals surface area contributed by atoms with E-state index in [1.165, 1.54) is 38.2 Å². The molecule has 9 aromatic rings. The van der Waals surface area contributed by atoms with Crippen LogP contribution in [0.25, 0.3) is 88.6 Å². The fourth-order valence-corrected chi connectivity index (χ4v) is 7.48. The molecule has 0 aliphatic heterocycles. The molecule has 2 aromatic heterocycles. The van der Waals surface area contributed by atoms with Crippen LogP contribution in [0.5, 0.6) is 0 Å². The fourth-order valence-electron chi connectivity index (χ4n) is 7.48. The first-order valence-corrected chi connectivity index (χ1v) is 17.8. The van der Waals surface area contributed by atoms with Gasteiger partial charge in [-0.1, -0.05) is 133 Å². The maximum absolute atomic E-state index is 5.37. The lowest BCUT2D eigenvalue weighted by atomic mass is 9.89. The van der Waals surface area contributed by atoms with Gasteiger partial charge in [0, 0.05) is 22.5 Å². The van der Waals surface area contributed by atoms with E-state index in [9.17, 15) is 0 Å². The van der Waals surface area contributed by atoms with E-state index in [0.717, 1.165) is 61.7 Å². The first kappa shape index (κ1) is 31.3. The van der Waals surface area contributed by atoms with Crippen molar-refractivity contribution in [2.24, 2.45) is 0 Å². The van der Waals surface area contributed by atoms with Crippen LogP contribution < -0.4 is 0 Å². The smallest absolute Gasteiger partial charge is 0.0716 e. The van der Waals surface area contributed by atoms with Gasteiger partial charge in [0.25, 0.3) is 0 Å². The molecule has 0 unspecified atom stereocenters. The molecule has 2 heteroatoms. The van der Waals surface area contributed by atoms with Gasteiger partial charge in [0.2, 0.25) is 0 Å². The number of rotatable bonds is 6. The van der Waals surface area contributed by atoms with Gasteiger partial charge in [-0.3, -0.25) is 4.98 Å². The van der Waals surface area contributed by atoms with E-state index in [0.29, 0.717) is 0 Å². The summed E-state index contributed by atoms with van der Waals surface area (Å²) in [6, 6.07) is 65.5. The second kappa shape index (κ2) is 13.2. The summed E-state index contributed by atoms with van der Waals surface area (Å²) in [5, 5.41) is 4.98. The van der Waals surface area contributed by atoms with E-state index in [2.05, 4.69) is 196 Å². The van der Waals surface area contributed by atoms with Crippen molar-refractivity contribution in [1.82, 2.24) is 9.97 Å². The number of hydrogen-bond acceptors (Lipinski definition) is 2. The average molecular weight is 665 g/mol. The number of nitrogens with zero attached hydrogens (tertiary/aromatic N) is 2. The van der Waals surface area contributed by atoms with Crippen LogP contribution in [0.15, 0.2) is 182 Å². The predicted molar refractivity (Wildman–Crippen MR) is 219 cm³/mol. The highest BCUT2D eigenvalue weighted by Gasteiger charge is 2.15. The Balaban J connectivity index is 1.28. The molecule has 0 saturated carbocycles. The van der Waals surface area contributed by atoms with Crippen molar-refractivity contribution < 1.29 is 0 Å². The topological polar surface area (TPSA) is 25.8 Å². The van der Waals surface area contributed by atoms with Gasteiger partial charge in [-0.15, -0.1) is 0 Å². The van der Waals surface area contributed by atoms with E-state index in [-0.39, 0.29) is 0 Å². The van der Waals surface area contributed by atoms with Gasteiger partial charge in [-0.05, 0) is 128 Å². The largest absolute Gasteiger partial charge is 0.258 e. The Morgan fingerprint density at radius 3 is 1.44 bits per heavy atom. The zero-order chi connectivity index (χ0) is 35.0. The Bertz CT molecular complexity index is 2710. The third-order valence-electron chi connectivity index (χ3n) is 9.94. The molecule has 0 aliphatic rings. The minimum Gasteiger partial charge on any atom is -0.258 e. The lowest BCUT2D eigenvalue weighted by Gasteiger charge is -2.16. The van der Waals surface area contributed by atoms with Crippen molar-refractivity contribution in [2.75, 3.05) is 0 Å². The molecule has 0 spiro atoms. The molecular formula is C50H36N2. The van der Waals surface area contributed by atoms with Crippen LogP contribution in [0.4, 0.5) is 0 Å². The van der Waals surface area contributed by atoms with Crippen molar-refractivity contribution >= 4 is 21.5 Å². The summed E-state index contributed by atoms with van der Waals surface area (Å²) in [6.45, 7) is 4.14. The number of aromatic nitrogens is 2. The van der Waals surface area contributed by atoms with E-state index in [1.54, 1.807) is 0 Å². The summed E-state index contributed by atoms with van der Waals surface area (Å²) in [5.74, 6) is 0. The minimum atomic E-state index is 0.930. The number of pyridine rings is 2. The SMILES string of the molecule is Cc1cc(-c2cc(-c3cc(-c4ccc(-c5ccccc5)cc4)cc(-c4ccccc4)n3)cc(-c3cc4ccccc4c4ccccc34)c2)cc(C)n1. The Morgan fingerprint density at radius 2 is 0.750 bits per heavy atom. The summed E-state index contributed by atoms with van der Waals surface area (Å²) < 4.78 is 0. The highest BCUT2D eigenvalue weighted by molar-refractivity contribution is 6.14. The van der Waals surface area contributed by atoms with Gasteiger partial charge in [0.05, 0.1) is 11.4 Å². The molecule has 0 N–H and O–H groups in total. The molecule has 2 heterocycles. The maximum Gasteiger partial charge on any atom is 0.0716 e. The highest BCUT2D eigenvalue weighted by atomic mass is 14.7. The van der Waals surface area contributed by atoms with Gasteiger partial charge in [-0.2, -0.15) is 0 Å². The fraction of sp³-hybridized carbons (Fsp3) is 0.0400. The second-order valence-electron chi connectivity index (χ2n) is 13.6.